The van der Waals surface area contributed by atoms with Crippen molar-refractivity contribution in [3.05, 3.63) is 42.2 Å². The third kappa shape index (κ3) is 4.02. The second-order valence-corrected chi connectivity index (χ2v) is 6.83. The first-order valence-electron chi connectivity index (χ1n) is 8.75. The molecule has 0 aliphatic carbocycles. The van der Waals surface area contributed by atoms with Crippen LogP contribution < -0.4 is 14.7 Å². The molecule has 6 heteroatoms. The smallest absolute Gasteiger partial charge is 0.134 e. The van der Waals surface area contributed by atoms with Crippen molar-refractivity contribution in [3.8, 4) is 0 Å². The van der Waals surface area contributed by atoms with Crippen LogP contribution in [-0.4, -0.2) is 55.4 Å². The van der Waals surface area contributed by atoms with E-state index >= 15 is 0 Å². The number of hydrogen-bond acceptors (Lipinski definition) is 6. The zero-order valence-corrected chi connectivity index (χ0v) is 15.3. The van der Waals surface area contributed by atoms with E-state index in [2.05, 4.69) is 48.9 Å². The number of benzene rings is 1. The summed E-state index contributed by atoms with van der Waals surface area (Å²) in [4.78, 5) is 15.3. The quantitative estimate of drug-likeness (QED) is 0.869. The molecule has 0 radical (unpaired) electrons. The number of rotatable bonds is 6. The van der Waals surface area contributed by atoms with Crippen LogP contribution in [0.1, 0.15) is 18.4 Å². The second kappa shape index (κ2) is 7.70. The highest BCUT2D eigenvalue weighted by atomic mass is 16.3. The molecule has 1 aromatic carbocycles. The van der Waals surface area contributed by atoms with Gasteiger partial charge in [-0.05, 0) is 30.5 Å². The molecule has 2 heterocycles. The number of aliphatic hydroxyl groups is 1. The van der Waals surface area contributed by atoms with Crippen molar-refractivity contribution in [1.82, 2.24) is 9.97 Å². The van der Waals surface area contributed by atoms with E-state index in [0.29, 0.717) is 0 Å². The maximum absolute atomic E-state index is 9.54. The summed E-state index contributed by atoms with van der Waals surface area (Å²) < 4.78 is 0. The van der Waals surface area contributed by atoms with Crippen molar-refractivity contribution < 1.29 is 5.11 Å². The molecule has 1 saturated heterocycles. The Morgan fingerprint density at radius 3 is 2.80 bits per heavy atom. The van der Waals surface area contributed by atoms with Gasteiger partial charge < -0.3 is 19.8 Å². The molecule has 1 aliphatic rings. The van der Waals surface area contributed by atoms with Gasteiger partial charge in [-0.2, -0.15) is 0 Å². The van der Waals surface area contributed by atoms with Gasteiger partial charge in [-0.15, -0.1) is 0 Å². The molecule has 0 bridgehead atoms. The van der Waals surface area contributed by atoms with E-state index in [-0.39, 0.29) is 12.6 Å². The summed E-state index contributed by atoms with van der Waals surface area (Å²) in [6.45, 7) is 1.89. The second-order valence-electron chi connectivity index (χ2n) is 6.83. The van der Waals surface area contributed by atoms with Gasteiger partial charge in [0.15, 0.2) is 0 Å². The number of aliphatic hydroxyl groups excluding tert-OH is 1. The number of anilines is 3. The molecule has 1 aromatic heterocycles. The first kappa shape index (κ1) is 17.5. The summed E-state index contributed by atoms with van der Waals surface area (Å²) in [5.74, 6) is 1.79. The maximum Gasteiger partial charge on any atom is 0.134 e. The molecule has 0 amide bonds. The van der Waals surface area contributed by atoms with Gasteiger partial charge in [0.1, 0.15) is 18.0 Å². The molecule has 1 fully saturated rings. The molecule has 134 valence electrons. The number of nitrogens with zero attached hydrogens (tertiary/aromatic N) is 5. The molecule has 0 saturated carbocycles. The van der Waals surface area contributed by atoms with E-state index in [0.717, 1.165) is 37.6 Å². The fraction of sp³-hybridized carbons (Fsp3) is 0.474. The van der Waals surface area contributed by atoms with Gasteiger partial charge in [0.25, 0.3) is 0 Å². The molecule has 1 N–H and O–H groups in total. The molecule has 1 unspecified atom stereocenters. The minimum absolute atomic E-state index is 0.171. The maximum atomic E-state index is 9.54. The molecule has 1 aliphatic heterocycles. The molecule has 3 rings (SSSR count). The molecule has 1 atom stereocenters. The van der Waals surface area contributed by atoms with Gasteiger partial charge in [-0.3, -0.25) is 0 Å². The zero-order chi connectivity index (χ0) is 17.8. The fourth-order valence-corrected chi connectivity index (χ4v) is 3.32. The van der Waals surface area contributed by atoms with Gasteiger partial charge in [0.2, 0.25) is 0 Å². The predicted molar refractivity (Wildman–Crippen MR) is 102 cm³/mol. The van der Waals surface area contributed by atoms with Crippen molar-refractivity contribution in [2.75, 3.05) is 49.0 Å². The predicted octanol–water partition coefficient (Wildman–Crippen LogP) is 2.14. The zero-order valence-electron chi connectivity index (χ0n) is 15.3. The van der Waals surface area contributed by atoms with E-state index in [1.165, 1.54) is 11.3 Å². The Labute approximate surface area is 149 Å². The van der Waals surface area contributed by atoms with E-state index in [1.54, 1.807) is 6.33 Å². The summed E-state index contributed by atoms with van der Waals surface area (Å²) in [6.07, 6.45) is 3.73. The van der Waals surface area contributed by atoms with Crippen molar-refractivity contribution in [2.24, 2.45) is 0 Å². The first-order valence-corrected chi connectivity index (χ1v) is 8.75. The van der Waals surface area contributed by atoms with Crippen molar-refractivity contribution >= 4 is 17.3 Å². The van der Waals surface area contributed by atoms with Crippen LogP contribution in [0.4, 0.5) is 17.3 Å². The van der Waals surface area contributed by atoms with Crippen LogP contribution in [0.5, 0.6) is 0 Å². The minimum Gasteiger partial charge on any atom is -0.394 e. The lowest BCUT2D eigenvalue weighted by atomic mass is 10.2. The Morgan fingerprint density at radius 1 is 1.20 bits per heavy atom. The highest BCUT2D eigenvalue weighted by Gasteiger charge is 2.25. The van der Waals surface area contributed by atoms with Gasteiger partial charge in [-0.25, -0.2) is 9.97 Å². The van der Waals surface area contributed by atoms with Gasteiger partial charge in [0.05, 0.1) is 12.6 Å². The highest BCUT2D eigenvalue weighted by Crippen LogP contribution is 2.26. The van der Waals surface area contributed by atoms with Crippen molar-refractivity contribution in [1.29, 1.82) is 0 Å². The average molecular weight is 341 g/mol. The lowest BCUT2D eigenvalue weighted by Gasteiger charge is -2.25. The van der Waals surface area contributed by atoms with E-state index in [9.17, 15) is 5.11 Å². The third-order valence-corrected chi connectivity index (χ3v) is 4.76. The molecular weight excluding hydrogens is 314 g/mol. The summed E-state index contributed by atoms with van der Waals surface area (Å²) >= 11 is 0. The Bertz CT molecular complexity index is 706. The van der Waals surface area contributed by atoms with E-state index < -0.39 is 0 Å². The largest absolute Gasteiger partial charge is 0.394 e. The Balaban J connectivity index is 1.75. The lowest BCUT2D eigenvalue weighted by molar-refractivity contribution is 0.266. The fourth-order valence-electron chi connectivity index (χ4n) is 3.32. The Hall–Kier alpha value is -2.34. The molecule has 2 aromatic rings. The topological polar surface area (TPSA) is 55.7 Å². The summed E-state index contributed by atoms with van der Waals surface area (Å²) in [6, 6.07) is 10.7. The van der Waals surface area contributed by atoms with Crippen molar-refractivity contribution in [2.45, 2.75) is 25.4 Å². The van der Waals surface area contributed by atoms with E-state index in [1.807, 2.05) is 27.2 Å². The summed E-state index contributed by atoms with van der Waals surface area (Å²) in [5, 5.41) is 9.54. The average Bonchev–Trinajstić information content (AvgIpc) is 3.11. The van der Waals surface area contributed by atoms with Crippen LogP contribution in [-0.2, 0) is 6.54 Å². The lowest BCUT2D eigenvalue weighted by Crippen LogP contribution is -2.33. The summed E-state index contributed by atoms with van der Waals surface area (Å²) in [7, 11) is 6.14. The van der Waals surface area contributed by atoms with Crippen LogP contribution in [0, 0.1) is 0 Å². The van der Waals surface area contributed by atoms with Crippen LogP contribution in [0.2, 0.25) is 0 Å². The Morgan fingerprint density at radius 2 is 2.04 bits per heavy atom. The minimum atomic E-state index is 0.171. The highest BCUT2D eigenvalue weighted by molar-refractivity contribution is 5.52. The molecule has 25 heavy (non-hydrogen) atoms. The van der Waals surface area contributed by atoms with Crippen LogP contribution in [0.25, 0.3) is 0 Å². The van der Waals surface area contributed by atoms with Gasteiger partial charge in [0, 0.05) is 46.0 Å². The van der Waals surface area contributed by atoms with Crippen LogP contribution in [0.3, 0.4) is 0 Å². The monoisotopic (exact) mass is 341 g/mol. The number of hydrogen-bond donors (Lipinski definition) is 1. The molecule has 0 spiro atoms. The standard InChI is InChI=1S/C19H27N5O/c1-22(2)16-7-4-6-15(10-16)12-23(3)18-11-19(21-14-20-18)24-9-5-8-17(24)13-25/h4,6-7,10-11,14,17,25H,5,8-9,12-13H2,1-3H3. The first-order chi connectivity index (χ1) is 12.1. The number of aromatic nitrogens is 2. The van der Waals surface area contributed by atoms with E-state index in [4.69, 9.17) is 0 Å². The third-order valence-electron chi connectivity index (χ3n) is 4.76. The van der Waals surface area contributed by atoms with Crippen LogP contribution >= 0.6 is 0 Å². The van der Waals surface area contributed by atoms with Gasteiger partial charge in [-0.1, -0.05) is 12.1 Å². The molecular formula is C19H27N5O. The normalized spacial score (nSPS) is 17.0. The van der Waals surface area contributed by atoms with Crippen LogP contribution in [0.15, 0.2) is 36.7 Å². The van der Waals surface area contributed by atoms with Gasteiger partial charge >= 0.3 is 0 Å². The SMILES string of the molecule is CN(C)c1cccc(CN(C)c2cc(N3CCCC3CO)ncn2)c1. The Kier molecular flexibility index (Phi) is 5.38. The van der Waals surface area contributed by atoms with Crippen molar-refractivity contribution in [3.63, 3.8) is 0 Å². The molecule has 6 nitrogen and oxygen atoms in total. The summed E-state index contributed by atoms with van der Waals surface area (Å²) in [5.41, 5.74) is 2.43.